The van der Waals surface area contributed by atoms with Gasteiger partial charge in [-0.2, -0.15) is 0 Å². The molecule has 2 unspecified atom stereocenters. The van der Waals surface area contributed by atoms with Crippen molar-refractivity contribution in [1.82, 2.24) is 40.9 Å². The third kappa shape index (κ3) is 30.7. The van der Waals surface area contributed by atoms with E-state index < -0.39 is 78.2 Å². The van der Waals surface area contributed by atoms with Gasteiger partial charge in [-0.15, -0.1) is 0 Å². The van der Waals surface area contributed by atoms with E-state index in [9.17, 15) is 72.9 Å². The standard InChI is InChI=1S/C55H76N8O19S/c64-36-80-35-63-26-24-60(20-21-61(33-51(73)74)22-23-62(25-27-63)34-52(75)76)32-43(68)30-41(28-39-8-3-1-4-9-39)53(77)57-46(29-40-10-5-2-6-11-40)47(69)31-44(81-37-65)14-16-48(70)56-19-7-12-42(67)13-15-45(54(78)79)58-55(83)59-49(82-38-66)17-18-50(71)72/h1-6,8-11,36-38,41,44-46,49H,7,12-35H2,(H,56,70)(H,57,77)(H,71,72)(H,73,74)(H,75,76)(H,78,79)(H2,58,59,83)/t41?,44-,45-,46?,49+/m0/s1. The van der Waals surface area contributed by atoms with Gasteiger partial charge in [0.2, 0.25) is 11.8 Å². The molecule has 0 aromatic heterocycles. The van der Waals surface area contributed by atoms with Crippen LogP contribution in [0.15, 0.2) is 60.7 Å². The molecule has 456 valence electrons. The van der Waals surface area contributed by atoms with Crippen molar-refractivity contribution in [3.63, 3.8) is 0 Å². The number of nitrogens with zero attached hydrogens (tertiary/aromatic N) is 4. The molecule has 5 atom stereocenters. The molecular weight excluding hydrogens is 1110 g/mol. The first-order valence-electron chi connectivity index (χ1n) is 27.1. The Balaban J connectivity index is 1.67. The fourth-order valence-corrected chi connectivity index (χ4v) is 9.19. The van der Waals surface area contributed by atoms with E-state index in [4.69, 9.17) is 31.5 Å². The highest BCUT2D eigenvalue weighted by molar-refractivity contribution is 7.80. The zero-order valence-corrected chi connectivity index (χ0v) is 47.0. The van der Waals surface area contributed by atoms with Crippen LogP contribution < -0.4 is 21.3 Å². The molecule has 0 radical (unpaired) electrons. The van der Waals surface area contributed by atoms with Crippen LogP contribution in [0.3, 0.4) is 0 Å². The summed E-state index contributed by atoms with van der Waals surface area (Å²) in [5, 5.41) is 48.1. The zero-order chi connectivity index (χ0) is 60.9. The number of nitrogens with one attached hydrogen (secondary N) is 4. The van der Waals surface area contributed by atoms with E-state index >= 15 is 0 Å². The Morgan fingerprint density at radius 3 is 1.64 bits per heavy atom. The summed E-state index contributed by atoms with van der Waals surface area (Å²) in [6, 6.07) is 15.3. The quantitative estimate of drug-likeness (QED) is 0.0142. The summed E-state index contributed by atoms with van der Waals surface area (Å²) in [6.07, 6.45) is -3.77. The van der Waals surface area contributed by atoms with E-state index in [1.54, 1.807) is 75.4 Å². The molecule has 1 aliphatic heterocycles. The van der Waals surface area contributed by atoms with Crippen LogP contribution in [0.2, 0.25) is 0 Å². The molecule has 1 fully saturated rings. The van der Waals surface area contributed by atoms with Gasteiger partial charge in [0.25, 0.3) is 19.4 Å². The predicted molar refractivity (Wildman–Crippen MR) is 298 cm³/mol. The van der Waals surface area contributed by atoms with Gasteiger partial charge in [0, 0.05) is 103 Å². The number of hydrogen-bond acceptors (Lipinski definition) is 20. The topological polar surface area (TPSA) is 375 Å². The summed E-state index contributed by atoms with van der Waals surface area (Å²) in [4.78, 5) is 155. The minimum atomic E-state index is -1.33. The molecule has 3 rings (SSSR count). The Hall–Kier alpha value is -7.79. The highest BCUT2D eigenvalue weighted by Crippen LogP contribution is 2.18. The van der Waals surface area contributed by atoms with Crippen LogP contribution in [0.5, 0.6) is 0 Å². The van der Waals surface area contributed by atoms with E-state index in [0.717, 1.165) is 5.56 Å². The summed E-state index contributed by atoms with van der Waals surface area (Å²) in [5.41, 5.74) is 1.42. The number of ketones is 3. The van der Waals surface area contributed by atoms with Crippen LogP contribution in [0, 0.1) is 5.92 Å². The lowest BCUT2D eigenvalue weighted by Gasteiger charge is -2.33. The molecule has 27 nitrogen and oxygen atoms in total. The maximum atomic E-state index is 14.5. The fraction of sp³-hybridized carbons (Fsp3) is 0.545. The molecule has 83 heavy (non-hydrogen) atoms. The first kappa shape index (κ1) is 69.5. The van der Waals surface area contributed by atoms with Gasteiger partial charge in [-0.25, -0.2) is 4.79 Å². The minimum Gasteiger partial charge on any atom is -0.481 e. The van der Waals surface area contributed by atoms with Crippen LogP contribution in [-0.4, -0.2) is 227 Å². The summed E-state index contributed by atoms with van der Waals surface area (Å²) in [5.74, 6) is -7.89. The molecule has 0 bridgehead atoms. The highest BCUT2D eigenvalue weighted by atomic mass is 32.1. The summed E-state index contributed by atoms with van der Waals surface area (Å²) in [6.45, 7) is 1.65. The molecule has 1 saturated heterocycles. The average Bonchev–Trinajstić information content (AvgIpc) is 3.56. The SMILES string of the molecule is O=COCN1CCN(CC(=O)O)CCN(CC(=O)O)CCN(CC(=O)CC(Cc2ccccc2)C(=O)NC(Cc2ccccc2)C(=O)C[C@H](CCC(=O)NCCCC(=O)CC[C@H](NC(=S)N[C@@H](CCC(=O)O)OC=O)C(=O)O)OC=O)CC1. The zero-order valence-electron chi connectivity index (χ0n) is 46.2. The monoisotopic (exact) mass is 1180 g/mol. The number of rotatable bonds is 40. The van der Waals surface area contributed by atoms with Gasteiger partial charge in [-0.3, -0.25) is 72.3 Å². The molecule has 2 aromatic rings. The average molecular weight is 1190 g/mol. The molecule has 0 spiro atoms. The molecule has 1 heterocycles. The van der Waals surface area contributed by atoms with Gasteiger partial charge in [0.1, 0.15) is 30.4 Å². The maximum Gasteiger partial charge on any atom is 0.326 e. The van der Waals surface area contributed by atoms with Gasteiger partial charge in [0.05, 0.1) is 32.1 Å². The second-order valence-electron chi connectivity index (χ2n) is 19.8. The van der Waals surface area contributed by atoms with Gasteiger partial charge in [-0.1, -0.05) is 60.7 Å². The van der Waals surface area contributed by atoms with Gasteiger partial charge < -0.3 is 55.9 Å². The number of thiocarbonyl (C=S) groups is 1. The summed E-state index contributed by atoms with van der Waals surface area (Å²) < 4.78 is 15.0. The van der Waals surface area contributed by atoms with Crippen molar-refractivity contribution in [3.8, 4) is 0 Å². The predicted octanol–water partition coefficient (Wildman–Crippen LogP) is -0.139. The summed E-state index contributed by atoms with van der Waals surface area (Å²) >= 11 is 5.08. The molecule has 28 heteroatoms. The van der Waals surface area contributed by atoms with Gasteiger partial charge in [0.15, 0.2) is 17.1 Å². The lowest BCUT2D eigenvalue weighted by atomic mass is 9.91. The number of carbonyl (C=O) groups excluding carboxylic acids is 8. The highest BCUT2D eigenvalue weighted by Gasteiger charge is 2.31. The van der Waals surface area contributed by atoms with Crippen molar-refractivity contribution in [2.75, 3.05) is 85.3 Å². The molecule has 2 amide bonds. The third-order valence-electron chi connectivity index (χ3n) is 13.3. The van der Waals surface area contributed by atoms with Crippen molar-refractivity contribution in [3.05, 3.63) is 71.8 Å². The first-order valence-corrected chi connectivity index (χ1v) is 27.5. The summed E-state index contributed by atoms with van der Waals surface area (Å²) in [7, 11) is 0. The van der Waals surface area contributed by atoms with Crippen LogP contribution in [0.4, 0.5) is 0 Å². The normalized spacial score (nSPS) is 15.6. The van der Waals surface area contributed by atoms with E-state index in [1.165, 1.54) is 0 Å². The molecule has 0 saturated carbocycles. The lowest BCUT2D eigenvalue weighted by molar-refractivity contribution is -0.141. The smallest absolute Gasteiger partial charge is 0.326 e. The van der Waals surface area contributed by atoms with Crippen molar-refractivity contribution in [2.45, 2.75) is 101 Å². The maximum absolute atomic E-state index is 14.5. The van der Waals surface area contributed by atoms with E-state index in [1.807, 2.05) is 4.90 Å². The van der Waals surface area contributed by atoms with Crippen LogP contribution >= 0.6 is 12.2 Å². The largest absolute Gasteiger partial charge is 0.481 e. The Morgan fingerprint density at radius 1 is 0.554 bits per heavy atom. The first-order chi connectivity index (χ1) is 39.8. The molecule has 1 aliphatic rings. The second-order valence-corrected chi connectivity index (χ2v) is 20.2. The Kier molecular flexibility index (Phi) is 33.2. The minimum absolute atomic E-state index is 0.0220. The number of Topliss-reactive ketones (excluding diaryl/α,β-unsaturated/α-hetero) is 3. The number of hydrogen-bond donors (Lipinski definition) is 8. The number of carboxylic acid groups (broad SMARTS) is 4. The van der Waals surface area contributed by atoms with Gasteiger partial charge >= 0.3 is 23.9 Å². The fourth-order valence-electron chi connectivity index (χ4n) is 8.92. The van der Waals surface area contributed by atoms with Gasteiger partial charge in [-0.05, 0) is 55.4 Å². The number of amides is 2. The van der Waals surface area contributed by atoms with Crippen LogP contribution in [0.25, 0.3) is 0 Å². The second kappa shape index (κ2) is 39.6. The number of ether oxygens (including phenoxy) is 3. The molecule has 8 N–H and O–H groups in total. The van der Waals surface area contributed by atoms with Crippen molar-refractivity contribution < 1.29 is 92.2 Å². The third-order valence-corrected chi connectivity index (χ3v) is 13.5. The van der Waals surface area contributed by atoms with Crippen molar-refractivity contribution in [1.29, 1.82) is 0 Å². The van der Waals surface area contributed by atoms with E-state index in [-0.39, 0.29) is 179 Å². The molecular formula is C55H76N8O19S. The molecule has 2 aromatic carbocycles. The Labute approximate surface area is 485 Å². The number of carboxylic acids is 4. The van der Waals surface area contributed by atoms with Crippen LogP contribution in [0.1, 0.15) is 75.3 Å². The van der Waals surface area contributed by atoms with Crippen LogP contribution in [-0.2, 0) is 84.6 Å². The molecule has 0 aliphatic carbocycles. The Morgan fingerprint density at radius 2 is 1.11 bits per heavy atom. The number of aliphatic carboxylic acids is 4. The van der Waals surface area contributed by atoms with E-state index in [2.05, 4.69) is 21.3 Å². The number of benzene rings is 2. The number of carbonyl (C=O) groups is 12. The lowest BCUT2D eigenvalue weighted by Crippen LogP contribution is -2.49. The van der Waals surface area contributed by atoms with Crippen molar-refractivity contribution in [2.24, 2.45) is 5.92 Å². The van der Waals surface area contributed by atoms with E-state index in [0.29, 0.717) is 18.6 Å². The Bertz CT molecular complexity index is 2440. The van der Waals surface area contributed by atoms with Crippen molar-refractivity contribution >= 4 is 89.8 Å².